The normalized spacial score (nSPS) is 10.2. The molecule has 4 N–H and O–H groups in total. The van der Waals surface area contributed by atoms with Gasteiger partial charge < -0.3 is 11.5 Å². The van der Waals surface area contributed by atoms with Crippen LogP contribution in [-0.4, -0.2) is 15.9 Å². The van der Waals surface area contributed by atoms with Gasteiger partial charge in [0.15, 0.2) is 5.96 Å². The number of nitrogens with two attached hydrogens (primary N) is 2. The van der Waals surface area contributed by atoms with E-state index in [-0.39, 0.29) is 5.96 Å². The molecular weight excluding hydrogens is 273 g/mol. The number of hydrogen-bond acceptors (Lipinski definition) is 5. The van der Waals surface area contributed by atoms with Gasteiger partial charge in [-0.05, 0) is 12.1 Å². The first kappa shape index (κ1) is 12.9. The Balaban J connectivity index is 2.42. The zero-order chi connectivity index (χ0) is 14.0. The molecule has 7 nitrogen and oxygen atoms in total. The van der Waals surface area contributed by atoms with Crippen LogP contribution in [0.5, 0.6) is 0 Å². The summed E-state index contributed by atoms with van der Waals surface area (Å²) in [6.07, 6.45) is 0. The average molecular weight is 281 g/mol. The predicted molar refractivity (Wildman–Crippen MR) is 69.6 cm³/mol. The lowest BCUT2D eigenvalue weighted by atomic mass is 10.1. The molecule has 0 saturated heterocycles. The van der Waals surface area contributed by atoms with Gasteiger partial charge in [-0.15, -0.1) is 11.3 Å². The van der Waals surface area contributed by atoms with Crippen LogP contribution in [0.25, 0.3) is 11.3 Å². The summed E-state index contributed by atoms with van der Waals surface area (Å²) < 4.78 is 13.2. The van der Waals surface area contributed by atoms with Crippen LogP contribution in [0.3, 0.4) is 0 Å². The molecule has 2 aromatic rings. The molecule has 0 unspecified atom stereocenters. The lowest BCUT2D eigenvalue weighted by molar-refractivity contribution is -0.387. The van der Waals surface area contributed by atoms with E-state index in [0.717, 1.165) is 12.1 Å². The topological polar surface area (TPSA) is 120 Å². The Morgan fingerprint density at radius 2 is 2.21 bits per heavy atom. The van der Waals surface area contributed by atoms with Gasteiger partial charge in [-0.3, -0.25) is 10.1 Å². The van der Waals surface area contributed by atoms with Crippen LogP contribution >= 0.6 is 11.3 Å². The second kappa shape index (κ2) is 4.98. The number of halogens is 1. The van der Waals surface area contributed by atoms with Crippen molar-refractivity contribution in [2.45, 2.75) is 0 Å². The number of nitrogens with zero attached hydrogens (tertiary/aromatic N) is 3. The Kier molecular flexibility index (Phi) is 3.38. The van der Waals surface area contributed by atoms with E-state index in [2.05, 4.69) is 9.98 Å². The summed E-state index contributed by atoms with van der Waals surface area (Å²) in [6, 6.07) is 3.54. The molecule has 0 aliphatic heterocycles. The molecule has 0 atom stereocenters. The maximum Gasteiger partial charge on any atom is 0.305 e. The second-order valence-electron chi connectivity index (χ2n) is 3.48. The number of nitro groups is 1. The fraction of sp³-hybridized carbons (Fsp3) is 0. The monoisotopic (exact) mass is 281 g/mol. The summed E-state index contributed by atoms with van der Waals surface area (Å²) in [4.78, 5) is 17.7. The third-order valence-corrected chi connectivity index (χ3v) is 2.89. The molecule has 0 saturated carbocycles. The molecule has 0 aliphatic carbocycles. The lowest BCUT2D eigenvalue weighted by Crippen LogP contribution is -2.21. The van der Waals surface area contributed by atoms with Crippen LogP contribution in [0, 0.1) is 15.9 Å². The molecule has 0 fully saturated rings. The number of rotatable bonds is 3. The van der Waals surface area contributed by atoms with Gasteiger partial charge in [-0.25, -0.2) is 4.98 Å². The molecule has 1 aromatic carbocycles. The van der Waals surface area contributed by atoms with Crippen LogP contribution in [-0.2, 0) is 0 Å². The predicted octanol–water partition coefficient (Wildman–Crippen LogP) is 1.76. The van der Waals surface area contributed by atoms with E-state index in [4.69, 9.17) is 11.5 Å². The highest BCUT2D eigenvalue weighted by Crippen LogP contribution is 2.29. The average Bonchev–Trinajstić information content (AvgIpc) is 2.76. The van der Waals surface area contributed by atoms with Crippen molar-refractivity contribution in [1.82, 2.24) is 4.98 Å². The molecule has 0 amide bonds. The molecule has 19 heavy (non-hydrogen) atoms. The van der Waals surface area contributed by atoms with Crippen molar-refractivity contribution in [3.8, 4) is 11.3 Å². The zero-order valence-corrected chi connectivity index (χ0v) is 10.2. The Bertz CT molecular complexity index is 666. The first-order chi connectivity index (χ1) is 8.97. The van der Waals surface area contributed by atoms with Gasteiger partial charge in [0, 0.05) is 17.0 Å². The van der Waals surface area contributed by atoms with Crippen LogP contribution in [0.4, 0.5) is 15.2 Å². The van der Waals surface area contributed by atoms with Crippen molar-refractivity contribution in [2.75, 3.05) is 0 Å². The molecule has 9 heteroatoms. The largest absolute Gasteiger partial charge is 0.370 e. The number of thiazole rings is 1. The summed E-state index contributed by atoms with van der Waals surface area (Å²) in [7, 11) is 0. The molecule has 98 valence electrons. The van der Waals surface area contributed by atoms with Crippen LogP contribution in [0.15, 0.2) is 28.6 Å². The van der Waals surface area contributed by atoms with Gasteiger partial charge in [0.05, 0.1) is 10.6 Å². The second-order valence-corrected chi connectivity index (χ2v) is 4.31. The Hall–Kier alpha value is -2.55. The smallest absolute Gasteiger partial charge is 0.305 e. The SMILES string of the molecule is NC(N)=Nc1nc(-c2ccc(F)c([N+](=O)[O-])c2)cs1. The number of benzene rings is 1. The Morgan fingerprint density at radius 3 is 2.84 bits per heavy atom. The minimum atomic E-state index is -0.895. The first-order valence-corrected chi connectivity index (χ1v) is 5.85. The summed E-state index contributed by atoms with van der Waals surface area (Å²) in [5.41, 5.74) is 10.7. The van der Waals surface area contributed by atoms with Crippen LogP contribution in [0.1, 0.15) is 0 Å². The molecule has 2 rings (SSSR count). The van der Waals surface area contributed by atoms with Crippen molar-refractivity contribution in [3.63, 3.8) is 0 Å². The maximum atomic E-state index is 13.2. The first-order valence-electron chi connectivity index (χ1n) is 4.97. The van der Waals surface area contributed by atoms with Gasteiger partial charge >= 0.3 is 5.69 Å². The van der Waals surface area contributed by atoms with E-state index in [1.54, 1.807) is 5.38 Å². The maximum absolute atomic E-state index is 13.2. The van der Waals surface area contributed by atoms with Gasteiger partial charge in [-0.2, -0.15) is 9.38 Å². The minimum absolute atomic E-state index is 0.133. The van der Waals surface area contributed by atoms with Crippen molar-refractivity contribution in [3.05, 3.63) is 39.5 Å². The van der Waals surface area contributed by atoms with E-state index in [9.17, 15) is 14.5 Å². The van der Waals surface area contributed by atoms with Crippen molar-refractivity contribution < 1.29 is 9.31 Å². The van der Waals surface area contributed by atoms with E-state index < -0.39 is 16.4 Å². The number of nitro benzene ring substituents is 1. The lowest BCUT2D eigenvalue weighted by Gasteiger charge is -1.98. The van der Waals surface area contributed by atoms with E-state index in [0.29, 0.717) is 16.4 Å². The zero-order valence-electron chi connectivity index (χ0n) is 9.41. The minimum Gasteiger partial charge on any atom is -0.370 e. The van der Waals surface area contributed by atoms with Gasteiger partial charge in [0.2, 0.25) is 10.9 Å². The molecule has 1 aromatic heterocycles. The molecule has 0 radical (unpaired) electrons. The van der Waals surface area contributed by atoms with E-state index in [1.807, 2.05) is 0 Å². The molecule has 0 bridgehead atoms. The Labute approximate surface area is 110 Å². The fourth-order valence-electron chi connectivity index (χ4n) is 1.37. The van der Waals surface area contributed by atoms with E-state index >= 15 is 0 Å². The summed E-state index contributed by atoms with van der Waals surface area (Å²) in [6.45, 7) is 0. The summed E-state index contributed by atoms with van der Waals surface area (Å²) in [5.74, 6) is -1.03. The summed E-state index contributed by atoms with van der Waals surface area (Å²) in [5, 5.41) is 12.6. The quantitative estimate of drug-likeness (QED) is 0.384. The van der Waals surface area contributed by atoms with Crippen molar-refractivity contribution >= 4 is 28.1 Å². The molecule has 1 heterocycles. The van der Waals surface area contributed by atoms with Crippen LogP contribution < -0.4 is 11.5 Å². The van der Waals surface area contributed by atoms with E-state index in [1.165, 1.54) is 17.4 Å². The third kappa shape index (κ3) is 2.83. The van der Waals surface area contributed by atoms with Gasteiger partial charge in [0.1, 0.15) is 0 Å². The standard InChI is InChI=1S/C10H8FN5O2S/c11-6-2-1-5(3-8(6)16(17)18)7-4-19-10(14-7)15-9(12)13/h1-4H,(H4,12,13,14,15). The van der Waals surface area contributed by atoms with Crippen molar-refractivity contribution in [2.24, 2.45) is 16.5 Å². The highest BCUT2D eigenvalue weighted by Gasteiger charge is 2.16. The number of hydrogen-bond donors (Lipinski definition) is 2. The fourth-order valence-corrected chi connectivity index (χ4v) is 2.09. The van der Waals surface area contributed by atoms with Gasteiger partial charge in [0.25, 0.3) is 0 Å². The highest BCUT2D eigenvalue weighted by molar-refractivity contribution is 7.13. The van der Waals surface area contributed by atoms with Crippen LogP contribution in [0.2, 0.25) is 0 Å². The number of aliphatic imine (C=N–C) groups is 1. The molecule has 0 spiro atoms. The van der Waals surface area contributed by atoms with Gasteiger partial charge in [-0.1, -0.05) is 0 Å². The van der Waals surface area contributed by atoms with Crippen molar-refractivity contribution in [1.29, 1.82) is 0 Å². The number of guanidine groups is 1. The highest BCUT2D eigenvalue weighted by atomic mass is 32.1. The molecular formula is C10H8FN5O2S. The molecule has 0 aliphatic rings. The Morgan fingerprint density at radius 1 is 1.47 bits per heavy atom. The summed E-state index contributed by atoms with van der Waals surface area (Å²) >= 11 is 1.17. The third-order valence-electron chi connectivity index (χ3n) is 2.16. The number of aromatic nitrogens is 1.